The van der Waals surface area contributed by atoms with Crippen molar-refractivity contribution < 1.29 is 18.7 Å². The van der Waals surface area contributed by atoms with Crippen LogP contribution in [0.15, 0.2) is 47.1 Å². The van der Waals surface area contributed by atoms with Gasteiger partial charge in [-0.3, -0.25) is 9.59 Å². The van der Waals surface area contributed by atoms with Gasteiger partial charge in [-0.15, -0.1) is 0 Å². The highest BCUT2D eigenvalue weighted by Crippen LogP contribution is 2.24. The van der Waals surface area contributed by atoms with Crippen LogP contribution in [0.2, 0.25) is 0 Å². The summed E-state index contributed by atoms with van der Waals surface area (Å²) in [5, 5.41) is 2.75. The van der Waals surface area contributed by atoms with Gasteiger partial charge in [0.15, 0.2) is 5.76 Å². The maximum absolute atomic E-state index is 12.6. The molecule has 0 aliphatic heterocycles. The van der Waals surface area contributed by atoms with Crippen molar-refractivity contribution in [1.82, 2.24) is 10.2 Å². The molecular weight excluding hydrogens is 332 g/mol. The van der Waals surface area contributed by atoms with Gasteiger partial charge >= 0.3 is 0 Å². The van der Waals surface area contributed by atoms with Crippen LogP contribution in [0.25, 0.3) is 0 Å². The first-order chi connectivity index (χ1) is 12.6. The molecule has 1 unspecified atom stereocenters. The quantitative estimate of drug-likeness (QED) is 0.697. The van der Waals surface area contributed by atoms with Crippen LogP contribution in [-0.4, -0.2) is 36.9 Å². The van der Waals surface area contributed by atoms with Gasteiger partial charge in [-0.1, -0.05) is 12.1 Å². The number of benzene rings is 1. The fraction of sp³-hybridized carbons (Fsp3) is 0.400. The number of rotatable bonds is 9. The number of methoxy groups -OCH3 is 1. The van der Waals surface area contributed by atoms with Crippen LogP contribution >= 0.6 is 0 Å². The predicted octanol–water partition coefficient (Wildman–Crippen LogP) is 3.41. The molecule has 2 amide bonds. The topological polar surface area (TPSA) is 71.8 Å². The second kappa shape index (κ2) is 9.65. The van der Waals surface area contributed by atoms with Crippen LogP contribution in [0.4, 0.5) is 0 Å². The summed E-state index contributed by atoms with van der Waals surface area (Å²) in [6.07, 6.45) is 2.41. The van der Waals surface area contributed by atoms with E-state index in [9.17, 15) is 9.59 Å². The Morgan fingerprint density at radius 3 is 2.73 bits per heavy atom. The van der Waals surface area contributed by atoms with Gasteiger partial charge < -0.3 is 19.4 Å². The van der Waals surface area contributed by atoms with Crippen LogP contribution in [-0.2, 0) is 4.79 Å². The average molecular weight is 358 g/mol. The molecule has 0 bridgehead atoms. The zero-order chi connectivity index (χ0) is 18.9. The lowest BCUT2D eigenvalue weighted by Gasteiger charge is -2.29. The van der Waals surface area contributed by atoms with Crippen molar-refractivity contribution in [3.05, 3.63) is 54.0 Å². The van der Waals surface area contributed by atoms with Gasteiger partial charge in [-0.05, 0) is 50.1 Å². The first kappa shape index (κ1) is 19.6. The van der Waals surface area contributed by atoms with E-state index in [2.05, 4.69) is 5.32 Å². The lowest BCUT2D eigenvalue weighted by Crippen LogP contribution is -2.34. The molecule has 1 atom stereocenters. The second-order valence-corrected chi connectivity index (χ2v) is 5.97. The van der Waals surface area contributed by atoms with Crippen LogP contribution in [0, 0.1) is 0 Å². The van der Waals surface area contributed by atoms with Crippen LogP contribution in [0.3, 0.4) is 0 Å². The largest absolute Gasteiger partial charge is 0.497 e. The summed E-state index contributed by atoms with van der Waals surface area (Å²) < 4.78 is 10.3. The van der Waals surface area contributed by atoms with Gasteiger partial charge in [0.25, 0.3) is 5.91 Å². The summed E-state index contributed by atoms with van der Waals surface area (Å²) in [4.78, 5) is 26.2. The third kappa shape index (κ3) is 5.12. The van der Waals surface area contributed by atoms with E-state index < -0.39 is 0 Å². The summed E-state index contributed by atoms with van der Waals surface area (Å²) in [5.74, 6) is 0.853. The molecule has 0 aliphatic carbocycles. The molecular formula is C20H26N2O4. The Balaban J connectivity index is 1.84. The fourth-order valence-electron chi connectivity index (χ4n) is 2.83. The average Bonchev–Trinajstić information content (AvgIpc) is 3.20. The van der Waals surface area contributed by atoms with E-state index in [0.29, 0.717) is 25.9 Å². The normalized spacial score (nSPS) is 11.7. The molecule has 6 nitrogen and oxygen atoms in total. The van der Waals surface area contributed by atoms with Gasteiger partial charge in [0.1, 0.15) is 5.75 Å². The molecule has 2 rings (SSSR count). The van der Waals surface area contributed by atoms with Crippen molar-refractivity contribution in [3.63, 3.8) is 0 Å². The predicted molar refractivity (Wildman–Crippen MR) is 99.1 cm³/mol. The number of nitrogens with zero attached hydrogens (tertiary/aromatic N) is 1. The smallest absolute Gasteiger partial charge is 0.286 e. The van der Waals surface area contributed by atoms with E-state index >= 15 is 0 Å². The van der Waals surface area contributed by atoms with Crippen molar-refractivity contribution in [2.45, 2.75) is 32.7 Å². The number of hydrogen-bond donors (Lipinski definition) is 1. The number of furan rings is 1. The summed E-state index contributed by atoms with van der Waals surface area (Å²) in [6, 6.07) is 11.0. The molecule has 0 aliphatic rings. The van der Waals surface area contributed by atoms with Crippen LogP contribution < -0.4 is 10.1 Å². The molecule has 0 saturated heterocycles. The number of amides is 2. The highest BCUT2D eigenvalue weighted by Gasteiger charge is 2.20. The SMILES string of the molecule is CCN(C(=O)CCCNC(=O)c1ccco1)C(C)c1cccc(OC)c1. The summed E-state index contributed by atoms with van der Waals surface area (Å²) >= 11 is 0. The Hall–Kier alpha value is -2.76. The number of carbonyl (C=O) groups excluding carboxylic acids is 2. The molecule has 0 fully saturated rings. The molecule has 0 saturated carbocycles. The minimum atomic E-state index is -0.264. The maximum atomic E-state index is 12.6. The monoisotopic (exact) mass is 358 g/mol. The van der Waals surface area contributed by atoms with Crippen LogP contribution in [0.5, 0.6) is 5.75 Å². The number of hydrogen-bond acceptors (Lipinski definition) is 4. The van der Waals surface area contributed by atoms with Gasteiger partial charge in [0, 0.05) is 19.5 Å². The number of ether oxygens (including phenoxy) is 1. The molecule has 0 spiro atoms. The second-order valence-electron chi connectivity index (χ2n) is 5.97. The van der Waals surface area contributed by atoms with E-state index in [-0.39, 0.29) is 23.6 Å². The molecule has 1 aromatic carbocycles. The Kier molecular flexibility index (Phi) is 7.26. The maximum Gasteiger partial charge on any atom is 0.286 e. The van der Waals surface area contributed by atoms with E-state index in [4.69, 9.17) is 9.15 Å². The van der Waals surface area contributed by atoms with Crippen LogP contribution in [0.1, 0.15) is 48.8 Å². The highest BCUT2D eigenvalue weighted by atomic mass is 16.5. The lowest BCUT2D eigenvalue weighted by molar-refractivity contribution is -0.133. The van der Waals surface area contributed by atoms with Gasteiger partial charge in [0.2, 0.25) is 5.91 Å². The van der Waals surface area contributed by atoms with E-state index in [0.717, 1.165) is 11.3 Å². The summed E-state index contributed by atoms with van der Waals surface area (Å²) in [7, 11) is 1.63. The molecule has 2 aromatic rings. The molecule has 6 heteroatoms. The van der Waals surface area contributed by atoms with E-state index in [1.54, 1.807) is 19.2 Å². The highest BCUT2D eigenvalue weighted by molar-refractivity contribution is 5.91. The molecule has 26 heavy (non-hydrogen) atoms. The van der Waals surface area contributed by atoms with Crippen molar-refractivity contribution in [1.29, 1.82) is 0 Å². The Morgan fingerprint density at radius 1 is 1.27 bits per heavy atom. The van der Waals surface area contributed by atoms with Crippen molar-refractivity contribution in [2.24, 2.45) is 0 Å². The third-order valence-corrected chi connectivity index (χ3v) is 4.30. The molecule has 1 N–H and O–H groups in total. The molecule has 140 valence electrons. The fourth-order valence-corrected chi connectivity index (χ4v) is 2.83. The Bertz CT molecular complexity index is 712. The number of carbonyl (C=O) groups is 2. The minimum absolute atomic E-state index is 0.0414. The zero-order valence-electron chi connectivity index (χ0n) is 15.5. The lowest BCUT2D eigenvalue weighted by atomic mass is 10.1. The standard InChI is InChI=1S/C20H26N2O4/c1-4-22(15(2)16-8-5-9-17(14-16)25-3)19(23)11-6-12-21-20(24)18-10-7-13-26-18/h5,7-10,13-15H,4,6,11-12H2,1-3H3,(H,21,24). The molecule has 0 radical (unpaired) electrons. The third-order valence-electron chi connectivity index (χ3n) is 4.30. The Labute approximate surface area is 154 Å². The van der Waals surface area contributed by atoms with Gasteiger partial charge in [-0.25, -0.2) is 0 Å². The van der Waals surface area contributed by atoms with Gasteiger partial charge in [0.05, 0.1) is 19.4 Å². The van der Waals surface area contributed by atoms with Crippen molar-refractivity contribution in [3.8, 4) is 5.75 Å². The first-order valence-corrected chi connectivity index (χ1v) is 8.82. The number of nitrogens with one attached hydrogen (secondary N) is 1. The minimum Gasteiger partial charge on any atom is -0.497 e. The first-order valence-electron chi connectivity index (χ1n) is 8.82. The molecule has 1 aromatic heterocycles. The summed E-state index contributed by atoms with van der Waals surface area (Å²) in [5.41, 5.74) is 1.03. The van der Waals surface area contributed by atoms with E-state index in [1.165, 1.54) is 6.26 Å². The van der Waals surface area contributed by atoms with Crippen molar-refractivity contribution in [2.75, 3.05) is 20.2 Å². The zero-order valence-corrected chi connectivity index (χ0v) is 15.5. The van der Waals surface area contributed by atoms with E-state index in [1.807, 2.05) is 43.0 Å². The van der Waals surface area contributed by atoms with Gasteiger partial charge in [-0.2, -0.15) is 0 Å². The summed E-state index contributed by atoms with van der Waals surface area (Å²) in [6.45, 7) is 5.02. The molecule has 1 heterocycles. The Morgan fingerprint density at radius 2 is 2.08 bits per heavy atom. The van der Waals surface area contributed by atoms with Crippen molar-refractivity contribution >= 4 is 11.8 Å².